The Morgan fingerprint density at radius 3 is 2.89 bits per heavy atom. The van der Waals surface area contributed by atoms with Gasteiger partial charge in [0, 0.05) is 26.3 Å². The van der Waals surface area contributed by atoms with Gasteiger partial charge in [-0.3, -0.25) is 0 Å². The Kier molecular flexibility index (Phi) is 3.56. The van der Waals surface area contributed by atoms with Crippen molar-refractivity contribution < 1.29 is 9.53 Å². The first kappa shape index (κ1) is 13.1. The third-order valence-corrected chi connectivity index (χ3v) is 3.05. The standard InChI is InChI=1S/C13H16N4O2/c1-16(2)8-15-11-9(7-14)10-5-4-6-17(10)12(11)13(18)19-3/h8H,4-6H2,1-3H3. The average molecular weight is 260 g/mol. The summed E-state index contributed by atoms with van der Waals surface area (Å²) < 4.78 is 6.66. The lowest BCUT2D eigenvalue weighted by atomic mass is 10.1. The van der Waals surface area contributed by atoms with Crippen LogP contribution < -0.4 is 0 Å². The molecular weight excluding hydrogens is 244 g/mol. The Labute approximate surface area is 111 Å². The molecule has 19 heavy (non-hydrogen) atoms. The number of aromatic nitrogens is 1. The van der Waals surface area contributed by atoms with Crippen molar-refractivity contribution in [1.82, 2.24) is 9.47 Å². The van der Waals surface area contributed by atoms with E-state index in [1.54, 1.807) is 11.2 Å². The zero-order valence-electron chi connectivity index (χ0n) is 11.3. The Morgan fingerprint density at radius 1 is 1.58 bits per heavy atom. The maximum Gasteiger partial charge on any atom is 0.357 e. The first-order valence-electron chi connectivity index (χ1n) is 6.04. The first-order chi connectivity index (χ1) is 9.10. The number of fused-ring (bicyclic) bond motifs is 1. The predicted molar refractivity (Wildman–Crippen MR) is 70.6 cm³/mol. The third-order valence-electron chi connectivity index (χ3n) is 3.05. The van der Waals surface area contributed by atoms with Gasteiger partial charge in [0.05, 0.1) is 19.0 Å². The number of nitrogens with zero attached hydrogens (tertiary/aromatic N) is 4. The highest BCUT2D eigenvalue weighted by Gasteiger charge is 2.30. The monoisotopic (exact) mass is 260 g/mol. The quantitative estimate of drug-likeness (QED) is 0.467. The van der Waals surface area contributed by atoms with Crippen LogP contribution in [0.5, 0.6) is 0 Å². The van der Waals surface area contributed by atoms with E-state index in [9.17, 15) is 10.1 Å². The number of methoxy groups -OCH3 is 1. The molecule has 6 heteroatoms. The van der Waals surface area contributed by atoms with E-state index in [-0.39, 0.29) is 0 Å². The number of carbonyl (C=O) groups is 1. The normalized spacial score (nSPS) is 13.4. The van der Waals surface area contributed by atoms with Gasteiger partial charge in [0.2, 0.25) is 0 Å². The van der Waals surface area contributed by atoms with Crippen molar-refractivity contribution in [1.29, 1.82) is 5.26 Å². The maximum atomic E-state index is 11.9. The molecule has 0 amide bonds. The Morgan fingerprint density at radius 2 is 2.32 bits per heavy atom. The van der Waals surface area contributed by atoms with Crippen LogP contribution >= 0.6 is 0 Å². The van der Waals surface area contributed by atoms with E-state index >= 15 is 0 Å². The van der Waals surface area contributed by atoms with Crippen LogP contribution in [0.1, 0.15) is 28.2 Å². The number of nitriles is 1. The van der Waals surface area contributed by atoms with Crippen molar-refractivity contribution in [3.63, 3.8) is 0 Å². The molecule has 2 heterocycles. The molecule has 0 unspecified atom stereocenters. The van der Waals surface area contributed by atoms with Gasteiger partial charge in [-0.15, -0.1) is 0 Å². The molecule has 0 saturated carbocycles. The summed E-state index contributed by atoms with van der Waals surface area (Å²) in [6.07, 6.45) is 3.31. The molecular formula is C13H16N4O2. The van der Waals surface area contributed by atoms with E-state index in [0.29, 0.717) is 16.9 Å². The zero-order valence-corrected chi connectivity index (χ0v) is 11.3. The lowest BCUT2D eigenvalue weighted by Crippen LogP contribution is -2.10. The maximum absolute atomic E-state index is 11.9. The zero-order chi connectivity index (χ0) is 14.0. The molecule has 1 aromatic heterocycles. The molecule has 0 aliphatic carbocycles. The van der Waals surface area contributed by atoms with Gasteiger partial charge >= 0.3 is 5.97 Å². The second-order valence-electron chi connectivity index (χ2n) is 4.59. The minimum Gasteiger partial charge on any atom is -0.464 e. The highest BCUT2D eigenvalue weighted by molar-refractivity contribution is 5.96. The van der Waals surface area contributed by atoms with Crippen LogP contribution in [0.25, 0.3) is 0 Å². The van der Waals surface area contributed by atoms with Crippen molar-refractivity contribution >= 4 is 18.0 Å². The van der Waals surface area contributed by atoms with Crippen molar-refractivity contribution in [2.24, 2.45) is 4.99 Å². The van der Waals surface area contributed by atoms with Gasteiger partial charge < -0.3 is 14.2 Å². The molecule has 0 N–H and O–H groups in total. The number of hydrogen-bond acceptors (Lipinski definition) is 4. The van der Waals surface area contributed by atoms with Crippen LogP contribution in [-0.2, 0) is 17.7 Å². The number of hydrogen-bond donors (Lipinski definition) is 0. The Bertz CT molecular complexity index is 578. The highest BCUT2D eigenvalue weighted by Crippen LogP contribution is 2.35. The average Bonchev–Trinajstić information content (AvgIpc) is 2.94. The fourth-order valence-corrected chi connectivity index (χ4v) is 2.28. The first-order valence-corrected chi connectivity index (χ1v) is 6.04. The summed E-state index contributed by atoms with van der Waals surface area (Å²) in [7, 11) is 5.00. The fourth-order valence-electron chi connectivity index (χ4n) is 2.28. The van der Waals surface area contributed by atoms with Gasteiger partial charge in [0.1, 0.15) is 11.8 Å². The van der Waals surface area contributed by atoms with Crippen LogP contribution in [0.15, 0.2) is 4.99 Å². The van der Waals surface area contributed by atoms with E-state index in [2.05, 4.69) is 11.1 Å². The molecule has 0 saturated heterocycles. The molecule has 1 aliphatic rings. The van der Waals surface area contributed by atoms with Gasteiger partial charge in [0.15, 0.2) is 5.69 Å². The largest absolute Gasteiger partial charge is 0.464 e. The topological polar surface area (TPSA) is 70.6 Å². The Hall–Kier alpha value is -2.29. The van der Waals surface area contributed by atoms with Crippen molar-refractivity contribution in [3.05, 3.63) is 17.0 Å². The fraction of sp³-hybridized carbons (Fsp3) is 0.462. The number of esters is 1. The molecule has 0 fully saturated rings. The van der Waals surface area contributed by atoms with Crippen molar-refractivity contribution in [2.45, 2.75) is 19.4 Å². The van der Waals surface area contributed by atoms with Gasteiger partial charge in [-0.05, 0) is 12.8 Å². The van der Waals surface area contributed by atoms with Crippen LogP contribution in [0.3, 0.4) is 0 Å². The molecule has 0 spiro atoms. The summed E-state index contributed by atoms with van der Waals surface area (Å²) in [4.78, 5) is 17.9. The molecule has 1 aliphatic heterocycles. The van der Waals surface area contributed by atoms with E-state index in [1.807, 2.05) is 18.7 Å². The van der Waals surface area contributed by atoms with Crippen LogP contribution in [0.2, 0.25) is 0 Å². The smallest absolute Gasteiger partial charge is 0.357 e. The van der Waals surface area contributed by atoms with E-state index in [1.165, 1.54) is 7.11 Å². The third kappa shape index (κ3) is 2.19. The van der Waals surface area contributed by atoms with Gasteiger partial charge in [-0.1, -0.05) is 0 Å². The highest BCUT2D eigenvalue weighted by atomic mass is 16.5. The predicted octanol–water partition coefficient (Wildman–Crippen LogP) is 1.31. The number of ether oxygens (including phenoxy) is 1. The molecule has 0 atom stereocenters. The lowest BCUT2D eigenvalue weighted by Gasteiger charge is -2.06. The molecule has 0 radical (unpaired) electrons. The second-order valence-corrected chi connectivity index (χ2v) is 4.59. The van der Waals surface area contributed by atoms with Gasteiger partial charge in [-0.25, -0.2) is 9.79 Å². The summed E-state index contributed by atoms with van der Waals surface area (Å²) in [5, 5.41) is 9.31. The number of carbonyl (C=O) groups excluding carboxylic acids is 1. The minimum absolute atomic E-state index is 0.379. The lowest BCUT2D eigenvalue weighted by molar-refractivity contribution is 0.0590. The molecule has 6 nitrogen and oxygen atoms in total. The van der Waals surface area contributed by atoms with Gasteiger partial charge in [-0.2, -0.15) is 5.26 Å². The summed E-state index contributed by atoms with van der Waals surface area (Å²) in [6, 6.07) is 2.16. The number of rotatable bonds is 3. The van der Waals surface area contributed by atoms with E-state index in [4.69, 9.17) is 4.74 Å². The van der Waals surface area contributed by atoms with Crippen molar-refractivity contribution in [2.75, 3.05) is 21.2 Å². The number of aliphatic imine (C=N–C) groups is 1. The summed E-state index contributed by atoms with van der Waals surface area (Å²) >= 11 is 0. The molecule has 100 valence electrons. The minimum atomic E-state index is -0.449. The summed E-state index contributed by atoms with van der Waals surface area (Å²) in [5.74, 6) is -0.449. The SMILES string of the molecule is COC(=O)c1c(N=CN(C)C)c(C#N)c2n1CCC2. The molecule has 0 aromatic carbocycles. The summed E-state index contributed by atoms with van der Waals surface area (Å²) in [5.41, 5.74) is 2.16. The van der Waals surface area contributed by atoms with Crippen LogP contribution in [0, 0.1) is 11.3 Å². The van der Waals surface area contributed by atoms with Crippen LogP contribution in [-0.4, -0.2) is 43.0 Å². The summed E-state index contributed by atoms with van der Waals surface area (Å²) in [6.45, 7) is 0.728. The van der Waals surface area contributed by atoms with Crippen molar-refractivity contribution in [3.8, 4) is 6.07 Å². The molecule has 2 rings (SSSR count). The second kappa shape index (κ2) is 5.14. The Balaban J connectivity index is 2.63. The van der Waals surface area contributed by atoms with Gasteiger partial charge in [0.25, 0.3) is 0 Å². The van der Waals surface area contributed by atoms with E-state index in [0.717, 1.165) is 25.1 Å². The molecule has 0 bridgehead atoms. The van der Waals surface area contributed by atoms with Crippen LogP contribution in [0.4, 0.5) is 5.69 Å². The van der Waals surface area contributed by atoms with E-state index < -0.39 is 5.97 Å². The molecule has 1 aromatic rings.